The Morgan fingerprint density at radius 2 is 1.61 bits per heavy atom. The first-order chi connectivity index (χ1) is 24.3. The molecule has 0 radical (unpaired) electrons. The molecule has 0 aliphatic heterocycles. The van der Waals surface area contributed by atoms with E-state index in [0.717, 1.165) is 71.6 Å². The van der Waals surface area contributed by atoms with Gasteiger partial charge >= 0.3 is 6.09 Å². The van der Waals surface area contributed by atoms with E-state index in [9.17, 15) is 14.4 Å². The molecule has 11 heteroatoms. The summed E-state index contributed by atoms with van der Waals surface area (Å²) < 4.78 is 21.9. The van der Waals surface area contributed by atoms with E-state index in [1.165, 1.54) is 0 Å². The summed E-state index contributed by atoms with van der Waals surface area (Å²) in [7, 11) is 1.64. The molecule has 2 amide bonds. The Bertz CT molecular complexity index is 1670. The lowest BCUT2D eigenvalue weighted by molar-refractivity contribution is 0.0491. The second-order valence-corrected chi connectivity index (χ2v) is 14.2. The van der Waals surface area contributed by atoms with E-state index >= 15 is 0 Å². The summed E-state index contributed by atoms with van der Waals surface area (Å²) in [5.41, 5.74) is 5.66. The summed E-state index contributed by atoms with van der Waals surface area (Å²) in [6, 6.07) is 14.1. The highest BCUT2D eigenvalue weighted by atomic mass is 16.6. The van der Waals surface area contributed by atoms with Crippen molar-refractivity contribution in [2.75, 3.05) is 45.0 Å². The van der Waals surface area contributed by atoms with Crippen molar-refractivity contribution in [3.8, 4) is 16.9 Å². The van der Waals surface area contributed by atoms with Crippen LogP contribution in [0.3, 0.4) is 0 Å². The van der Waals surface area contributed by atoms with Crippen molar-refractivity contribution in [1.82, 2.24) is 15.6 Å². The molecular weight excluding hydrogens is 648 g/mol. The van der Waals surface area contributed by atoms with Crippen LogP contribution in [-0.4, -0.2) is 74.8 Å². The maximum atomic E-state index is 13.9. The minimum absolute atomic E-state index is 0.0506. The number of aromatic amines is 1. The van der Waals surface area contributed by atoms with Gasteiger partial charge in [-0.3, -0.25) is 9.59 Å². The number of alkyl carbamates (subject to hydrolysis) is 1. The first kappa shape index (κ1) is 39.4. The molecule has 0 unspecified atom stereocenters. The fraction of sp³-hybridized carbons (Fsp3) is 0.525. The molecule has 278 valence electrons. The van der Waals surface area contributed by atoms with Gasteiger partial charge in [-0.2, -0.15) is 0 Å². The van der Waals surface area contributed by atoms with Crippen LogP contribution in [0.5, 0.6) is 5.75 Å². The molecule has 3 N–H and O–H groups in total. The molecule has 2 aromatic carbocycles. The van der Waals surface area contributed by atoms with Crippen LogP contribution in [0.2, 0.25) is 0 Å². The monoisotopic (exact) mass is 704 g/mol. The maximum Gasteiger partial charge on any atom is 0.407 e. The number of ether oxygens (including phenoxy) is 4. The summed E-state index contributed by atoms with van der Waals surface area (Å²) in [4.78, 5) is 44.3. The lowest BCUT2D eigenvalue weighted by atomic mass is 9.88. The molecule has 1 fully saturated rings. The number of amides is 2. The van der Waals surface area contributed by atoms with Gasteiger partial charge in [-0.05, 0) is 127 Å². The molecule has 0 bridgehead atoms. The van der Waals surface area contributed by atoms with Crippen molar-refractivity contribution in [2.24, 2.45) is 0 Å². The largest absolute Gasteiger partial charge is 0.491 e. The summed E-state index contributed by atoms with van der Waals surface area (Å²) in [5, 5.41) is 6.07. The lowest BCUT2D eigenvalue weighted by Crippen LogP contribution is -2.45. The van der Waals surface area contributed by atoms with Gasteiger partial charge in [-0.15, -0.1) is 0 Å². The molecule has 51 heavy (non-hydrogen) atoms. The topological polar surface area (TPSA) is 131 Å². The van der Waals surface area contributed by atoms with Crippen molar-refractivity contribution in [2.45, 2.75) is 98.4 Å². The summed E-state index contributed by atoms with van der Waals surface area (Å²) in [6.07, 6.45) is 3.05. The second-order valence-electron chi connectivity index (χ2n) is 14.2. The van der Waals surface area contributed by atoms with Crippen molar-refractivity contribution < 1.29 is 28.5 Å². The van der Waals surface area contributed by atoms with Gasteiger partial charge in [0.15, 0.2) is 0 Å². The van der Waals surface area contributed by atoms with Gasteiger partial charge in [0, 0.05) is 54.8 Å². The smallest absolute Gasteiger partial charge is 0.407 e. The van der Waals surface area contributed by atoms with Crippen LogP contribution >= 0.6 is 0 Å². The van der Waals surface area contributed by atoms with Crippen LogP contribution in [0.25, 0.3) is 11.1 Å². The molecule has 0 saturated heterocycles. The fourth-order valence-corrected chi connectivity index (χ4v) is 6.60. The number of rotatable bonds is 15. The number of aromatic nitrogens is 1. The van der Waals surface area contributed by atoms with E-state index in [4.69, 9.17) is 18.9 Å². The van der Waals surface area contributed by atoms with E-state index in [-0.39, 0.29) is 36.2 Å². The minimum atomic E-state index is -0.548. The van der Waals surface area contributed by atoms with Gasteiger partial charge in [0.1, 0.15) is 18.0 Å². The Balaban J connectivity index is 1.58. The molecule has 1 aromatic heterocycles. The molecule has 1 saturated carbocycles. The summed E-state index contributed by atoms with van der Waals surface area (Å²) in [6.45, 7) is 16.2. The number of hydrogen-bond donors (Lipinski definition) is 3. The van der Waals surface area contributed by atoms with E-state index < -0.39 is 5.60 Å². The van der Waals surface area contributed by atoms with Crippen LogP contribution in [0, 0.1) is 20.8 Å². The Hall–Kier alpha value is -4.35. The number of methoxy groups -OCH3 is 1. The van der Waals surface area contributed by atoms with Crippen LogP contribution in [-0.2, 0) is 20.8 Å². The standard InChI is InChI=1S/C40H56N4O7/c1-9-44(32-14-12-31(13-15-32)43-39(47)51-40(5,6)7)36-24-30(29-10-16-33(17-11-29)50-21-20-49-19-18-48-8)23-34(28(36)4)37(45)41-25-35-26(2)22-27(3)42-38(35)46/h10-11,16-17,22-24,31-32H,9,12-15,18-21,25H2,1-8H3,(H,41,45)(H,42,46)(H,43,47). The molecule has 0 atom stereocenters. The van der Waals surface area contributed by atoms with Gasteiger partial charge in [0.2, 0.25) is 0 Å². The van der Waals surface area contributed by atoms with Crippen molar-refractivity contribution in [1.29, 1.82) is 0 Å². The average molecular weight is 705 g/mol. The molecule has 1 aliphatic rings. The van der Waals surface area contributed by atoms with Crippen LogP contribution in [0.15, 0.2) is 47.3 Å². The van der Waals surface area contributed by atoms with E-state index in [0.29, 0.717) is 37.6 Å². The lowest BCUT2D eigenvalue weighted by Gasteiger charge is -2.39. The predicted octanol–water partition coefficient (Wildman–Crippen LogP) is 6.60. The quantitative estimate of drug-likeness (QED) is 0.151. The highest BCUT2D eigenvalue weighted by Gasteiger charge is 2.29. The zero-order chi connectivity index (χ0) is 37.1. The van der Waals surface area contributed by atoms with Gasteiger partial charge in [-0.1, -0.05) is 12.1 Å². The second kappa shape index (κ2) is 18.2. The van der Waals surface area contributed by atoms with Crippen LogP contribution < -0.4 is 25.8 Å². The third-order valence-corrected chi connectivity index (χ3v) is 9.17. The Morgan fingerprint density at radius 1 is 0.922 bits per heavy atom. The maximum absolute atomic E-state index is 13.9. The highest BCUT2D eigenvalue weighted by Crippen LogP contribution is 2.36. The van der Waals surface area contributed by atoms with Crippen LogP contribution in [0.4, 0.5) is 10.5 Å². The molecule has 3 aromatic rings. The van der Waals surface area contributed by atoms with Gasteiger partial charge in [-0.25, -0.2) is 4.79 Å². The minimum Gasteiger partial charge on any atom is -0.491 e. The number of benzene rings is 2. The molecule has 1 aliphatic carbocycles. The van der Waals surface area contributed by atoms with Gasteiger partial charge in [0.05, 0.1) is 19.8 Å². The number of nitrogens with one attached hydrogen (secondary N) is 3. The number of nitrogens with zero attached hydrogens (tertiary/aromatic N) is 1. The number of H-pyrrole nitrogens is 1. The number of carbonyl (C=O) groups is 2. The highest BCUT2D eigenvalue weighted by molar-refractivity contribution is 5.99. The Kier molecular flexibility index (Phi) is 14.1. The number of aryl methyl sites for hydroxylation is 2. The normalized spacial score (nSPS) is 16.0. The van der Waals surface area contributed by atoms with E-state index in [2.05, 4.69) is 33.5 Å². The molecular formula is C40H56N4O7. The van der Waals surface area contributed by atoms with E-state index in [1.807, 2.05) is 77.9 Å². The van der Waals surface area contributed by atoms with Crippen molar-refractivity contribution in [3.63, 3.8) is 0 Å². The Morgan fingerprint density at radius 3 is 2.24 bits per heavy atom. The number of carbonyl (C=O) groups excluding carboxylic acids is 2. The van der Waals surface area contributed by atoms with Gasteiger partial charge < -0.3 is 39.5 Å². The summed E-state index contributed by atoms with van der Waals surface area (Å²) >= 11 is 0. The average Bonchev–Trinajstić information content (AvgIpc) is 3.07. The van der Waals surface area contributed by atoms with Gasteiger partial charge in [0.25, 0.3) is 11.5 Å². The van der Waals surface area contributed by atoms with Crippen molar-refractivity contribution in [3.05, 3.63) is 80.8 Å². The fourth-order valence-electron chi connectivity index (χ4n) is 6.60. The third kappa shape index (κ3) is 11.3. The number of pyridine rings is 1. The SMILES string of the molecule is CCN(c1cc(-c2ccc(OCCOCCOC)cc2)cc(C(=O)NCc2c(C)cc(C)[nH]c2=O)c1C)C1CCC(NC(=O)OC(C)(C)C)CC1. The Labute approximate surface area is 302 Å². The first-order valence-electron chi connectivity index (χ1n) is 18.0. The zero-order valence-corrected chi connectivity index (χ0v) is 31.6. The van der Waals surface area contributed by atoms with Crippen LogP contribution in [0.1, 0.15) is 86.1 Å². The summed E-state index contributed by atoms with van der Waals surface area (Å²) in [5.74, 6) is 0.481. The molecule has 4 rings (SSSR count). The third-order valence-electron chi connectivity index (χ3n) is 9.17. The molecule has 11 nitrogen and oxygen atoms in total. The number of hydrogen-bond acceptors (Lipinski definition) is 8. The number of anilines is 1. The van der Waals surface area contributed by atoms with Crippen molar-refractivity contribution >= 4 is 17.7 Å². The zero-order valence-electron chi connectivity index (χ0n) is 31.6. The molecule has 1 heterocycles. The molecule has 0 spiro atoms. The van der Waals surface area contributed by atoms with E-state index in [1.54, 1.807) is 7.11 Å². The first-order valence-corrected chi connectivity index (χ1v) is 18.0. The predicted molar refractivity (Wildman–Crippen MR) is 201 cm³/mol.